The molecule has 0 bridgehead atoms. The average Bonchev–Trinajstić information content (AvgIpc) is 2.81. The van der Waals surface area contributed by atoms with Gasteiger partial charge in [0.15, 0.2) is 5.82 Å². The second-order valence-electron chi connectivity index (χ2n) is 4.34. The van der Waals surface area contributed by atoms with E-state index in [0.29, 0.717) is 21.7 Å². The lowest BCUT2D eigenvalue weighted by Crippen LogP contribution is -2.03. The molecule has 0 amide bonds. The van der Waals surface area contributed by atoms with Crippen LogP contribution >= 0.6 is 15.9 Å². The molecule has 18 heavy (non-hydrogen) atoms. The number of aromatic nitrogens is 2. The largest absolute Gasteiger partial charge is 0.383 e. The van der Waals surface area contributed by atoms with Crippen molar-refractivity contribution in [2.24, 2.45) is 0 Å². The number of aryl methyl sites for hydroxylation is 1. The van der Waals surface area contributed by atoms with Crippen LogP contribution in [-0.4, -0.2) is 9.97 Å². The number of nitrogens with two attached hydrogens (primary N) is 1. The normalized spacial score (nSPS) is 13.7. The number of anilines is 1. The minimum absolute atomic E-state index is 0.324. The zero-order valence-corrected chi connectivity index (χ0v) is 11.2. The highest BCUT2D eigenvalue weighted by Gasteiger charge is 2.18. The molecule has 0 spiro atoms. The molecular weight excluding hydrogens is 297 g/mol. The van der Waals surface area contributed by atoms with Crippen LogP contribution in [-0.2, 0) is 12.8 Å². The fourth-order valence-electron chi connectivity index (χ4n) is 2.23. The van der Waals surface area contributed by atoms with Crippen LogP contribution in [0.15, 0.2) is 22.7 Å². The summed E-state index contributed by atoms with van der Waals surface area (Å²) < 4.78 is 13.9. The molecule has 1 heterocycles. The van der Waals surface area contributed by atoms with Gasteiger partial charge < -0.3 is 5.73 Å². The van der Waals surface area contributed by atoms with Gasteiger partial charge in [0.2, 0.25) is 0 Å². The van der Waals surface area contributed by atoms with Crippen LogP contribution in [0, 0.1) is 5.82 Å². The topological polar surface area (TPSA) is 51.8 Å². The molecule has 0 aliphatic heterocycles. The van der Waals surface area contributed by atoms with E-state index in [4.69, 9.17) is 5.73 Å². The zero-order chi connectivity index (χ0) is 12.7. The molecule has 5 heteroatoms. The summed E-state index contributed by atoms with van der Waals surface area (Å²) in [5, 5.41) is 0. The van der Waals surface area contributed by atoms with Gasteiger partial charge in [0.25, 0.3) is 0 Å². The van der Waals surface area contributed by atoms with Gasteiger partial charge in [-0.15, -0.1) is 0 Å². The summed E-state index contributed by atoms with van der Waals surface area (Å²) in [6, 6.07) is 4.85. The van der Waals surface area contributed by atoms with Crippen molar-refractivity contribution in [2.45, 2.75) is 19.3 Å². The lowest BCUT2D eigenvalue weighted by atomic mass is 10.2. The van der Waals surface area contributed by atoms with Crippen LogP contribution in [0.5, 0.6) is 0 Å². The van der Waals surface area contributed by atoms with E-state index in [1.54, 1.807) is 12.1 Å². The van der Waals surface area contributed by atoms with Crippen LogP contribution in [0.3, 0.4) is 0 Å². The Labute approximate surface area is 112 Å². The van der Waals surface area contributed by atoms with Crippen molar-refractivity contribution in [3.8, 4) is 11.4 Å². The fourth-order valence-corrected chi connectivity index (χ4v) is 2.47. The second-order valence-corrected chi connectivity index (χ2v) is 5.19. The Kier molecular flexibility index (Phi) is 2.78. The molecule has 1 aromatic heterocycles. The Morgan fingerprint density at radius 3 is 2.83 bits per heavy atom. The van der Waals surface area contributed by atoms with Gasteiger partial charge >= 0.3 is 0 Å². The first-order valence-electron chi connectivity index (χ1n) is 5.76. The van der Waals surface area contributed by atoms with Gasteiger partial charge in [-0.3, -0.25) is 0 Å². The molecule has 0 saturated carbocycles. The Balaban J connectivity index is 2.12. The van der Waals surface area contributed by atoms with Crippen LogP contribution < -0.4 is 5.73 Å². The van der Waals surface area contributed by atoms with Gasteiger partial charge in [0, 0.05) is 16.8 Å². The number of rotatable bonds is 1. The van der Waals surface area contributed by atoms with E-state index in [0.717, 1.165) is 30.5 Å². The number of nitrogen functional groups attached to an aromatic ring is 1. The lowest BCUT2D eigenvalue weighted by molar-refractivity contribution is 0.621. The Hall–Kier alpha value is -1.49. The number of benzene rings is 1. The average molecular weight is 308 g/mol. The van der Waals surface area contributed by atoms with Crippen molar-refractivity contribution in [1.29, 1.82) is 0 Å². The number of nitrogens with zero attached hydrogens (tertiary/aromatic N) is 2. The number of fused-ring (bicyclic) bond motifs is 1. The van der Waals surface area contributed by atoms with E-state index in [9.17, 15) is 4.39 Å². The Morgan fingerprint density at radius 2 is 2.06 bits per heavy atom. The Morgan fingerprint density at radius 1 is 1.22 bits per heavy atom. The molecule has 0 unspecified atom stereocenters. The van der Waals surface area contributed by atoms with Crippen LogP contribution in [0.25, 0.3) is 11.4 Å². The summed E-state index contributed by atoms with van der Waals surface area (Å²) in [7, 11) is 0. The maximum absolute atomic E-state index is 13.5. The van der Waals surface area contributed by atoms with Crippen molar-refractivity contribution in [3.63, 3.8) is 0 Å². The summed E-state index contributed by atoms with van der Waals surface area (Å²) in [5.41, 5.74) is 8.63. The van der Waals surface area contributed by atoms with Crippen LogP contribution in [0.1, 0.15) is 17.7 Å². The number of halogens is 2. The summed E-state index contributed by atoms with van der Waals surface area (Å²) in [5.74, 6) is 0.700. The standard InChI is InChI=1S/C13H11BrFN3/c14-9-5-4-7(6-10(9)15)13-17-11-3-1-2-8(11)12(16)18-13/h4-6H,1-3H2,(H2,16,17,18). The molecule has 92 valence electrons. The third-order valence-electron chi connectivity index (χ3n) is 3.14. The van der Waals surface area contributed by atoms with Crippen molar-refractivity contribution in [2.75, 3.05) is 5.73 Å². The quantitative estimate of drug-likeness (QED) is 0.880. The molecule has 0 fully saturated rings. The number of hydrogen-bond donors (Lipinski definition) is 1. The third-order valence-corrected chi connectivity index (χ3v) is 3.79. The van der Waals surface area contributed by atoms with Gasteiger partial charge in [-0.1, -0.05) is 0 Å². The first-order chi connectivity index (χ1) is 8.65. The molecular formula is C13H11BrFN3. The van der Waals surface area contributed by atoms with E-state index in [1.165, 1.54) is 6.07 Å². The van der Waals surface area contributed by atoms with E-state index in [-0.39, 0.29) is 5.82 Å². The molecule has 2 aromatic rings. The first-order valence-corrected chi connectivity index (χ1v) is 6.55. The summed E-state index contributed by atoms with van der Waals surface area (Å²) in [4.78, 5) is 8.75. The van der Waals surface area contributed by atoms with E-state index >= 15 is 0 Å². The van der Waals surface area contributed by atoms with Crippen LogP contribution in [0.4, 0.5) is 10.2 Å². The van der Waals surface area contributed by atoms with Gasteiger partial charge in [-0.2, -0.15) is 0 Å². The second kappa shape index (κ2) is 4.31. The minimum atomic E-state index is -0.324. The van der Waals surface area contributed by atoms with E-state index < -0.39 is 0 Å². The molecule has 2 N–H and O–H groups in total. The molecule has 1 aliphatic carbocycles. The lowest BCUT2D eigenvalue weighted by Gasteiger charge is -2.07. The molecule has 0 atom stereocenters. The van der Waals surface area contributed by atoms with Gasteiger partial charge in [0.1, 0.15) is 11.6 Å². The SMILES string of the molecule is Nc1nc(-c2ccc(Br)c(F)c2)nc2c1CCC2. The minimum Gasteiger partial charge on any atom is -0.383 e. The Bertz CT molecular complexity index is 628. The smallest absolute Gasteiger partial charge is 0.161 e. The molecule has 1 aromatic carbocycles. The number of hydrogen-bond acceptors (Lipinski definition) is 3. The maximum atomic E-state index is 13.5. The first kappa shape index (κ1) is 11.6. The molecule has 0 radical (unpaired) electrons. The van der Waals surface area contributed by atoms with Crippen molar-refractivity contribution in [1.82, 2.24) is 9.97 Å². The fraction of sp³-hybridized carbons (Fsp3) is 0.231. The highest BCUT2D eigenvalue weighted by Crippen LogP contribution is 2.28. The maximum Gasteiger partial charge on any atom is 0.161 e. The molecule has 1 aliphatic rings. The van der Waals surface area contributed by atoms with E-state index in [1.807, 2.05) is 0 Å². The summed E-state index contributed by atoms with van der Waals surface area (Å²) >= 11 is 3.13. The predicted octanol–water partition coefficient (Wildman–Crippen LogP) is 3.12. The monoisotopic (exact) mass is 307 g/mol. The molecule has 3 rings (SSSR count). The van der Waals surface area contributed by atoms with Crippen molar-refractivity contribution < 1.29 is 4.39 Å². The van der Waals surface area contributed by atoms with Gasteiger partial charge in [-0.25, -0.2) is 14.4 Å². The van der Waals surface area contributed by atoms with Gasteiger partial charge in [0.05, 0.1) is 4.47 Å². The molecule has 0 saturated heterocycles. The third kappa shape index (κ3) is 1.88. The van der Waals surface area contributed by atoms with Crippen molar-refractivity contribution in [3.05, 3.63) is 39.7 Å². The predicted molar refractivity (Wildman–Crippen MR) is 71.6 cm³/mol. The summed E-state index contributed by atoms with van der Waals surface area (Å²) in [6.07, 6.45) is 2.93. The van der Waals surface area contributed by atoms with Crippen LogP contribution in [0.2, 0.25) is 0 Å². The highest BCUT2D eigenvalue weighted by atomic mass is 79.9. The van der Waals surface area contributed by atoms with E-state index in [2.05, 4.69) is 25.9 Å². The van der Waals surface area contributed by atoms with Gasteiger partial charge in [-0.05, 0) is 53.4 Å². The highest BCUT2D eigenvalue weighted by molar-refractivity contribution is 9.10. The van der Waals surface area contributed by atoms with Crippen molar-refractivity contribution >= 4 is 21.7 Å². The molecule has 3 nitrogen and oxygen atoms in total. The zero-order valence-electron chi connectivity index (χ0n) is 9.58. The summed E-state index contributed by atoms with van der Waals surface area (Å²) in [6.45, 7) is 0.